The van der Waals surface area contributed by atoms with Crippen molar-refractivity contribution in [3.05, 3.63) is 53.5 Å². The van der Waals surface area contributed by atoms with Crippen molar-refractivity contribution in [2.24, 2.45) is 5.92 Å². The van der Waals surface area contributed by atoms with E-state index in [0.29, 0.717) is 24.4 Å². The third-order valence-electron chi connectivity index (χ3n) is 3.28. The molecule has 1 aliphatic carbocycles. The topological polar surface area (TPSA) is 46.5 Å². The van der Waals surface area contributed by atoms with Gasteiger partial charge in [-0.2, -0.15) is 0 Å². The van der Waals surface area contributed by atoms with Crippen molar-refractivity contribution < 1.29 is 14.6 Å². The zero-order chi connectivity index (χ0) is 13.1. The van der Waals surface area contributed by atoms with Gasteiger partial charge in [-0.05, 0) is 30.2 Å². The Morgan fingerprint density at radius 1 is 1.61 bits per heavy atom. The number of carbonyl (C=O) groups excluding carboxylic acids is 1. The number of carbonyl (C=O) groups is 1. The minimum Gasteiger partial charge on any atom is -0.489 e. The van der Waals surface area contributed by atoms with Gasteiger partial charge in [0.15, 0.2) is 5.78 Å². The summed E-state index contributed by atoms with van der Waals surface area (Å²) >= 11 is 0. The van der Waals surface area contributed by atoms with Crippen LogP contribution < -0.4 is 0 Å². The first-order chi connectivity index (χ1) is 8.63. The molecule has 2 rings (SSSR count). The molecule has 0 fully saturated rings. The molecule has 1 aliphatic heterocycles. The zero-order valence-corrected chi connectivity index (χ0v) is 10.3. The average Bonchev–Trinajstić information content (AvgIpc) is 2.36. The standard InChI is InChI=1S/C15H16O3/c1-3-4-5-6-12-7-11-8-14(16)10(2)15(17)13(11)9-18-12/h4-7,10,14,16H,1,8-9H2,2H3/b6-5+/t10-,14+/m0/s1. The number of hydrogen-bond acceptors (Lipinski definition) is 3. The van der Waals surface area contributed by atoms with Crippen LogP contribution in [0.15, 0.2) is 53.5 Å². The van der Waals surface area contributed by atoms with Crippen LogP contribution in [0.3, 0.4) is 0 Å². The molecule has 0 radical (unpaired) electrons. The molecule has 3 nitrogen and oxygen atoms in total. The molecule has 0 saturated heterocycles. The fourth-order valence-corrected chi connectivity index (χ4v) is 2.12. The SMILES string of the molecule is C=C=C/C=C/C1=CC2=C(CO1)C(=O)[C@@H](C)[C@H](O)C2. The van der Waals surface area contributed by atoms with E-state index in [4.69, 9.17) is 4.74 Å². The van der Waals surface area contributed by atoms with Crippen LogP contribution in [0.25, 0.3) is 0 Å². The molecule has 2 atom stereocenters. The molecular formula is C15H16O3. The lowest BCUT2D eigenvalue weighted by Gasteiger charge is -2.29. The summed E-state index contributed by atoms with van der Waals surface area (Å²) in [6, 6.07) is 0. The van der Waals surface area contributed by atoms with Crippen LogP contribution in [0.1, 0.15) is 13.3 Å². The number of Topliss-reactive ketones (excluding diaryl/α,β-unsaturated/α-hetero) is 1. The Hall–Kier alpha value is -1.83. The van der Waals surface area contributed by atoms with E-state index < -0.39 is 6.10 Å². The molecule has 2 aliphatic rings. The van der Waals surface area contributed by atoms with Gasteiger partial charge in [0.1, 0.15) is 12.4 Å². The van der Waals surface area contributed by atoms with Gasteiger partial charge < -0.3 is 9.84 Å². The Morgan fingerprint density at radius 2 is 2.39 bits per heavy atom. The van der Waals surface area contributed by atoms with Crippen molar-refractivity contribution in [2.75, 3.05) is 6.61 Å². The van der Waals surface area contributed by atoms with Crippen molar-refractivity contribution >= 4 is 5.78 Å². The average molecular weight is 244 g/mol. The highest BCUT2D eigenvalue weighted by Gasteiger charge is 2.34. The van der Waals surface area contributed by atoms with E-state index in [1.165, 1.54) is 0 Å². The molecule has 94 valence electrons. The van der Waals surface area contributed by atoms with E-state index in [2.05, 4.69) is 12.3 Å². The largest absolute Gasteiger partial charge is 0.489 e. The Morgan fingerprint density at radius 3 is 3.11 bits per heavy atom. The van der Waals surface area contributed by atoms with Gasteiger partial charge in [0, 0.05) is 11.5 Å². The molecule has 0 saturated carbocycles. The predicted octanol–water partition coefficient (Wildman–Crippen LogP) is 2.06. The van der Waals surface area contributed by atoms with Crippen LogP contribution in [0.5, 0.6) is 0 Å². The minimum absolute atomic E-state index is 0.00554. The van der Waals surface area contributed by atoms with E-state index in [9.17, 15) is 9.90 Å². The summed E-state index contributed by atoms with van der Waals surface area (Å²) in [4.78, 5) is 12.0. The van der Waals surface area contributed by atoms with Crippen LogP contribution in [0, 0.1) is 5.92 Å². The molecular weight excluding hydrogens is 228 g/mol. The van der Waals surface area contributed by atoms with Gasteiger partial charge in [-0.15, -0.1) is 5.73 Å². The fraction of sp³-hybridized carbons (Fsp3) is 0.333. The van der Waals surface area contributed by atoms with Crippen molar-refractivity contribution in [3.63, 3.8) is 0 Å². The molecule has 1 heterocycles. The van der Waals surface area contributed by atoms with Gasteiger partial charge in [0.25, 0.3) is 0 Å². The molecule has 0 spiro atoms. The van der Waals surface area contributed by atoms with E-state index in [1.807, 2.05) is 6.08 Å². The van der Waals surface area contributed by atoms with Gasteiger partial charge in [0.2, 0.25) is 0 Å². The predicted molar refractivity (Wildman–Crippen MR) is 68.7 cm³/mol. The molecule has 0 unspecified atom stereocenters. The van der Waals surface area contributed by atoms with Gasteiger partial charge in [-0.3, -0.25) is 4.79 Å². The summed E-state index contributed by atoms with van der Waals surface area (Å²) in [5, 5.41) is 9.82. The van der Waals surface area contributed by atoms with Gasteiger partial charge >= 0.3 is 0 Å². The normalized spacial score (nSPS) is 27.4. The molecule has 0 amide bonds. The van der Waals surface area contributed by atoms with Crippen molar-refractivity contribution in [1.82, 2.24) is 0 Å². The Kier molecular flexibility index (Phi) is 3.66. The quantitative estimate of drug-likeness (QED) is 0.597. The number of ketones is 1. The first-order valence-corrected chi connectivity index (χ1v) is 5.94. The Balaban J connectivity index is 2.26. The van der Waals surface area contributed by atoms with Crippen LogP contribution in [-0.2, 0) is 9.53 Å². The summed E-state index contributed by atoms with van der Waals surface area (Å²) in [7, 11) is 0. The summed E-state index contributed by atoms with van der Waals surface area (Å²) in [5.74, 6) is 0.352. The molecule has 0 aromatic carbocycles. The maximum atomic E-state index is 12.0. The number of rotatable bonds is 2. The highest BCUT2D eigenvalue weighted by molar-refractivity contribution is 6.00. The first-order valence-electron chi connectivity index (χ1n) is 5.94. The maximum absolute atomic E-state index is 12.0. The summed E-state index contributed by atoms with van der Waals surface area (Å²) in [6.45, 7) is 5.50. The summed E-state index contributed by atoms with van der Waals surface area (Å²) < 4.78 is 5.49. The monoisotopic (exact) mass is 244 g/mol. The fourth-order valence-electron chi connectivity index (χ4n) is 2.12. The van der Waals surface area contributed by atoms with Gasteiger partial charge in [-0.1, -0.05) is 19.6 Å². The summed E-state index contributed by atoms with van der Waals surface area (Å²) in [5.41, 5.74) is 4.22. The third-order valence-corrected chi connectivity index (χ3v) is 3.28. The van der Waals surface area contributed by atoms with E-state index in [-0.39, 0.29) is 11.7 Å². The second-order valence-electron chi connectivity index (χ2n) is 4.49. The van der Waals surface area contributed by atoms with Crippen molar-refractivity contribution in [3.8, 4) is 0 Å². The lowest BCUT2D eigenvalue weighted by Crippen LogP contribution is -2.34. The van der Waals surface area contributed by atoms with Gasteiger partial charge in [0.05, 0.1) is 6.10 Å². The van der Waals surface area contributed by atoms with Crippen LogP contribution in [-0.4, -0.2) is 23.6 Å². The number of aliphatic hydroxyl groups excluding tert-OH is 1. The molecule has 0 bridgehead atoms. The second kappa shape index (κ2) is 5.21. The van der Waals surface area contributed by atoms with E-state index in [1.54, 1.807) is 25.2 Å². The molecule has 1 N–H and O–H groups in total. The Labute approximate surface area is 106 Å². The van der Waals surface area contributed by atoms with Crippen molar-refractivity contribution in [2.45, 2.75) is 19.4 Å². The minimum atomic E-state index is -0.594. The van der Waals surface area contributed by atoms with Gasteiger partial charge in [-0.25, -0.2) is 0 Å². The number of hydrogen-bond donors (Lipinski definition) is 1. The van der Waals surface area contributed by atoms with Crippen LogP contribution in [0.2, 0.25) is 0 Å². The zero-order valence-electron chi connectivity index (χ0n) is 10.3. The highest BCUT2D eigenvalue weighted by Crippen LogP contribution is 2.31. The first kappa shape index (κ1) is 12.6. The van der Waals surface area contributed by atoms with Crippen molar-refractivity contribution in [1.29, 1.82) is 0 Å². The molecule has 18 heavy (non-hydrogen) atoms. The third kappa shape index (κ3) is 2.37. The lowest BCUT2D eigenvalue weighted by molar-refractivity contribution is -0.123. The summed E-state index contributed by atoms with van der Waals surface area (Å²) in [6.07, 6.45) is 6.98. The number of aliphatic hydroxyl groups is 1. The smallest absolute Gasteiger partial charge is 0.167 e. The van der Waals surface area contributed by atoms with E-state index in [0.717, 1.165) is 5.57 Å². The maximum Gasteiger partial charge on any atom is 0.167 e. The van der Waals surface area contributed by atoms with E-state index >= 15 is 0 Å². The van der Waals surface area contributed by atoms with Crippen LogP contribution in [0.4, 0.5) is 0 Å². The number of ether oxygens (including phenoxy) is 1. The number of allylic oxidation sites excluding steroid dienone is 4. The molecule has 0 aromatic rings. The lowest BCUT2D eigenvalue weighted by atomic mass is 9.81. The second-order valence-corrected chi connectivity index (χ2v) is 4.49. The molecule has 3 heteroatoms. The Bertz CT molecular complexity index is 502. The molecule has 0 aromatic heterocycles. The highest BCUT2D eigenvalue weighted by atomic mass is 16.5. The van der Waals surface area contributed by atoms with Crippen LogP contribution >= 0.6 is 0 Å².